The zero-order valence-corrected chi connectivity index (χ0v) is 11.2. The summed E-state index contributed by atoms with van der Waals surface area (Å²) in [6, 6.07) is 3.48. The number of nitrogens with zero attached hydrogens (tertiary/aromatic N) is 2. The highest BCUT2D eigenvalue weighted by Gasteiger charge is 2.16. The first-order valence-electron chi connectivity index (χ1n) is 6.16. The van der Waals surface area contributed by atoms with Gasteiger partial charge in [0.2, 0.25) is 0 Å². The van der Waals surface area contributed by atoms with Crippen molar-refractivity contribution in [3.63, 3.8) is 0 Å². The minimum Gasteiger partial charge on any atom is -0.328 e. The molecule has 1 aromatic carbocycles. The van der Waals surface area contributed by atoms with Gasteiger partial charge in [-0.15, -0.1) is 0 Å². The van der Waals surface area contributed by atoms with Crippen LogP contribution in [-0.2, 0) is 6.42 Å². The number of aromatic nitrogens is 2. The zero-order chi connectivity index (χ0) is 14.2. The molecule has 0 amide bonds. The normalized spacial score (nSPS) is 12.7. The summed E-state index contributed by atoms with van der Waals surface area (Å²) in [5.74, 6) is -1.23. The van der Waals surface area contributed by atoms with Crippen LogP contribution in [0.4, 0.5) is 8.78 Å². The summed E-state index contributed by atoms with van der Waals surface area (Å²) < 4.78 is 28.2. The molecule has 2 aromatic rings. The highest BCUT2D eigenvalue weighted by atomic mass is 19.1. The fourth-order valence-corrected chi connectivity index (χ4v) is 2.18. The van der Waals surface area contributed by atoms with Gasteiger partial charge in [-0.1, -0.05) is 0 Å². The van der Waals surface area contributed by atoms with Crippen LogP contribution >= 0.6 is 0 Å². The Morgan fingerprint density at radius 2 is 2.00 bits per heavy atom. The van der Waals surface area contributed by atoms with E-state index in [1.807, 2.05) is 20.8 Å². The molecular formula is C14H17F2N3. The molecule has 1 aromatic heterocycles. The Morgan fingerprint density at radius 1 is 1.32 bits per heavy atom. The van der Waals surface area contributed by atoms with E-state index in [0.29, 0.717) is 6.42 Å². The molecule has 102 valence electrons. The van der Waals surface area contributed by atoms with E-state index >= 15 is 0 Å². The standard InChI is InChI=1S/C14H17F2N3/c1-8(17)6-12-9(2)18-19(10(12)3)14-5-4-11(15)7-13(14)16/h4-5,7-8H,6,17H2,1-3H3. The summed E-state index contributed by atoms with van der Waals surface area (Å²) >= 11 is 0. The Hall–Kier alpha value is -1.75. The van der Waals surface area contributed by atoms with Crippen molar-refractivity contribution in [2.24, 2.45) is 5.73 Å². The molecule has 0 radical (unpaired) electrons. The second kappa shape index (κ2) is 5.09. The average Bonchev–Trinajstić information content (AvgIpc) is 2.57. The van der Waals surface area contributed by atoms with E-state index < -0.39 is 11.6 Å². The molecule has 2 rings (SSSR count). The third-order valence-corrected chi connectivity index (χ3v) is 3.11. The van der Waals surface area contributed by atoms with Gasteiger partial charge in [0.05, 0.1) is 5.69 Å². The van der Waals surface area contributed by atoms with E-state index in [4.69, 9.17) is 5.73 Å². The van der Waals surface area contributed by atoms with Crippen molar-refractivity contribution >= 4 is 0 Å². The lowest BCUT2D eigenvalue weighted by Crippen LogP contribution is -2.18. The average molecular weight is 265 g/mol. The Bertz CT molecular complexity index is 603. The predicted octanol–water partition coefficient (Wildman–Crippen LogP) is 2.66. The van der Waals surface area contributed by atoms with Gasteiger partial charge < -0.3 is 5.73 Å². The van der Waals surface area contributed by atoms with Gasteiger partial charge in [-0.05, 0) is 44.9 Å². The zero-order valence-electron chi connectivity index (χ0n) is 11.2. The van der Waals surface area contributed by atoms with E-state index in [2.05, 4.69) is 5.10 Å². The molecule has 2 N–H and O–H groups in total. The number of hydrogen-bond donors (Lipinski definition) is 1. The lowest BCUT2D eigenvalue weighted by atomic mass is 10.1. The summed E-state index contributed by atoms with van der Waals surface area (Å²) in [5.41, 5.74) is 8.71. The fraction of sp³-hybridized carbons (Fsp3) is 0.357. The van der Waals surface area contributed by atoms with Gasteiger partial charge in [0.25, 0.3) is 0 Å². The summed E-state index contributed by atoms with van der Waals surface area (Å²) in [4.78, 5) is 0. The third-order valence-electron chi connectivity index (χ3n) is 3.11. The molecule has 0 fully saturated rings. The fourth-order valence-electron chi connectivity index (χ4n) is 2.18. The van der Waals surface area contributed by atoms with Crippen LogP contribution in [0.1, 0.15) is 23.9 Å². The Kier molecular flexibility index (Phi) is 3.66. The summed E-state index contributed by atoms with van der Waals surface area (Å²) in [7, 11) is 0. The van der Waals surface area contributed by atoms with Gasteiger partial charge in [0.1, 0.15) is 11.5 Å². The molecule has 1 atom stereocenters. The Labute approximate surface area is 111 Å². The van der Waals surface area contributed by atoms with Gasteiger partial charge in [0, 0.05) is 17.8 Å². The molecule has 1 unspecified atom stereocenters. The smallest absolute Gasteiger partial charge is 0.151 e. The van der Waals surface area contributed by atoms with E-state index in [-0.39, 0.29) is 11.7 Å². The van der Waals surface area contributed by atoms with Gasteiger partial charge >= 0.3 is 0 Å². The van der Waals surface area contributed by atoms with E-state index in [9.17, 15) is 8.78 Å². The SMILES string of the molecule is Cc1nn(-c2ccc(F)cc2F)c(C)c1CC(C)N. The van der Waals surface area contributed by atoms with Crippen molar-refractivity contribution in [3.05, 3.63) is 46.8 Å². The van der Waals surface area contributed by atoms with Gasteiger partial charge in [-0.2, -0.15) is 5.10 Å². The molecule has 0 saturated carbocycles. The number of nitrogens with two attached hydrogens (primary N) is 1. The largest absolute Gasteiger partial charge is 0.328 e. The van der Waals surface area contributed by atoms with Crippen molar-refractivity contribution < 1.29 is 8.78 Å². The maximum absolute atomic E-state index is 13.8. The first-order chi connectivity index (χ1) is 8.90. The molecule has 0 bridgehead atoms. The van der Waals surface area contributed by atoms with Crippen molar-refractivity contribution in [2.45, 2.75) is 33.2 Å². The number of benzene rings is 1. The summed E-state index contributed by atoms with van der Waals surface area (Å²) in [6.07, 6.45) is 0.681. The predicted molar refractivity (Wildman–Crippen MR) is 70.3 cm³/mol. The number of hydrogen-bond acceptors (Lipinski definition) is 2. The van der Waals surface area contributed by atoms with Crippen molar-refractivity contribution in [1.82, 2.24) is 9.78 Å². The highest BCUT2D eigenvalue weighted by Crippen LogP contribution is 2.21. The van der Waals surface area contributed by atoms with E-state index in [1.165, 1.54) is 16.8 Å². The molecule has 0 saturated heterocycles. The first-order valence-corrected chi connectivity index (χ1v) is 6.16. The quantitative estimate of drug-likeness (QED) is 0.927. The minimum absolute atomic E-state index is 0.00751. The number of rotatable bonds is 3. The van der Waals surface area contributed by atoms with Crippen LogP contribution in [0.5, 0.6) is 0 Å². The molecule has 0 aliphatic carbocycles. The second-order valence-corrected chi connectivity index (χ2v) is 4.84. The molecule has 3 nitrogen and oxygen atoms in total. The van der Waals surface area contributed by atoms with Crippen molar-refractivity contribution in [1.29, 1.82) is 0 Å². The van der Waals surface area contributed by atoms with Gasteiger partial charge in [-0.25, -0.2) is 13.5 Å². The molecule has 5 heteroatoms. The molecule has 19 heavy (non-hydrogen) atoms. The first kappa shape index (κ1) is 13.7. The Morgan fingerprint density at radius 3 is 2.58 bits per heavy atom. The maximum atomic E-state index is 13.8. The van der Waals surface area contributed by atoms with Crippen LogP contribution in [0.25, 0.3) is 5.69 Å². The number of aryl methyl sites for hydroxylation is 1. The molecule has 0 aliphatic rings. The van der Waals surface area contributed by atoms with Gasteiger partial charge in [-0.3, -0.25) is 0 Å². The van der Waals surface area contributed by atoms with Crippen LogP contribution in [-0.4, -0.2) is 15.8 Å². The van der Waals surface area contributed by atoms with Crippen LogP contribution in [0.2, 0.25) is 0 Å². The molecule has 0 spiro atoms. The topological polar surface area (TPSA) is 43.8 Å². The Balaban J connectivity index is 2.51. The lowest BCUT2D eigenvalue weighted by Gasteiger charge is -2.08. The maximum Gasteiger partial charge on any atom is 0.151 e. The third kappa shape index (κ3) is 2.66. The molecular weight excluding hydrogens is 248 g/mol. The molecule has 1 heterocycles. The van der Waals surface area contributed by atoms with Gasteiger partial charge in [0.15, 0.2) is 5.82 Å². The highest BCUT2D eigenvalue weighted by molar-refractivity contribution is 5.38. The second-order valence-electron chi connectivity index (χ2n) is 4.84. The van der Waals surface area contributed by atoms with Crippen LogP contribution in [0.3, 0.4) is 0 Å². The number of halogens is 2. The van der Waals surface area contributed by atoms with Crippen molar-refractivity contribution in [2.75, 3.05) is 0 Å². The molecule has 0 aliphatic heterocycles. The monoisotopic (exact) mass is 265 g/mol. The van der Waals surface area contributed by atoms with Crippen LogP contribution in [0.15, 0.2) is 18.2 Å². The minimum atomic E-state index is -0.627. The van der Waals surface area contributed by atoms with E-state index in [1.54, 1.807) is 0 Å². The van der Waals surface area contributed by atoms with Crippen LogP contribution < -0.4 is 5.73 Å². The summed E-state index contributed by atoms with van der Waals surface area (Å²) in [6.45, 7) is 5.64. The van der Waals surface area contributed by atoms with Crippen LogP contribution in [0, 0.1) is 25.5 Å². The van der Waals surface area contributed by atoms with Crippen molar-refractivity contribution in [3.8, 4) is 5.69 Å². The summed E-state index contributed by atoms with van der Waals surface area (Å²) in [5, 5.41) is 4.32. The van der Waals surface area contributed by atoms with E-state index in [0.717, 1.165) is 23.0 Å². The lowest BCUT2D eigenvalue weighted by molar-refractivity contribution is 0.572.